The van der Waals surface area contributed by atoms with Crippen LogP contribution in [0.1, 0.15) is 25.7 Å². The number of carbonyl (C=O) groups excluding carboxylic acids is 2. The summed E-state index contributed by atoms with van der Waals surface area (Å²) in [6.45, 7) is 0. The Hall–Kier alpha value is -0.950. The van der Waals surface area contributed by atoms with Gasteiger partial charge in [-0.1, -0.05) is 0 Å². The smallest absolute Gasteiger partial charge is 0.322 e. The second kappa shape index (κ2) is 5.40. The number of hydrogen-bond acceptors (Lipinski definition) is 5. The Labute approximate surface area is 94.4 Å². The molecule has 92 valence electrons. The third-order valence-corrected chi connectivity index (χ3v) is 3.73. The summed E-state index contributed by atoms with van der Waals surface area (Å²) in [6.07, 6.45) is 1.79. The third-order valence-electron chi connectivity index (χ3n) is 2.43. The van der Waals surface area contributed by atoms with Gasteiger partial charge in [-0.3, -0.25) is 9.59 Å². The van der Waals surface area contributed by atoms with E-state index < -0.39 is 21.7 Å². The Balaban J connectivity index is 2.46. The number of Topliss-reactive ketones (excluding diaryl/α,β-unsaturated/α-hetero) is 1. The SMILES string of the molecule is COC(=O)CS(=O)(=O)NC1CCC(=O)CC1. The first-order valence-corrected chi connectivity index (χ1v) is 6.66. The summed E-state index contributed by atoms with van der Waals surface area (Å²) < 4.78 is 29.6. The van der Waals surface area contributed by atoms with Crippen molar-refractivity contribution in [3.63, 3.8) is 0 Å². The fourth-order valence-electron chi connectivity index (χ4n) is 1.57. The van der Waals surface area contributed by atoms with E-state index in [2.05, 4.69) is 9.46 Å². The van der Waals surface area contributed by atoms with E-state index in [1.807, 2.05) is 0 Å². The van der Waals surface area contributed by atoms with E-state index in [0.29, 0.717) is 25.7 Å². The molecule has 6 nitrogen and oxygen atoms in total. The molecule has 1 fully saturated rings. The molecule has 0 aromatic rings. The summed E-state index contributed by atoms with van der Waals surface area (Å²) >= 11 is 0. The van der Waals surface area contributed by atoms with Crippen molar-refractivity contribution in [1.82, 2.24) is 4.72 Å². The molecule has 0 spiro atoms. The number of ketones is 1. The van der Waals surface area contributed by atoms with Crippen LogP contribution < -0.4 is 4.72 Å². The fraction of sp³-hybridized carbons (Fsp3) is 0.778. The zero-order valence-electron chi connectivity index (χ0n) is 9.06. The van der Waals surface area contributed by atoms with Crippen LogP contribution in [0.2, 0.25) is 0 Å². The Kier molecular flexibility index (Phi) is 4.43. The lowest BCUT2D eigenvalue weighted by Gasteiger charge is -2.21. The molecule has 0 aromatic carbocycles. The number of nitrogens with one attached hydrogen (secondary N) is 1. The van der Waals surface area contributed by atoms with Gasteiger partial charge < -0.3 is 4.74 Å². The quantitative estimate of drug-likeness (QED) is 0.684. The van der Waals surface area contributed by atoms with Crippen molar-refractivity contribution in [1.29, 1.82) is 0 Å². The molecule has 16 heavy (non-hydrogen) atoms. The van der Waals surface area contributed by atoms with Crippen molar-refractivity contribution < 1.29 is 22.7 Å². The topological polar surface area (TPSA) is 89.5 Å². The van der Waals surface area contributed by atoms with Crippen LogP contribution in [0.4, 0.5) is 0 Å². The average molecular weight is 249 g/mol. The predicted octanol–water partition coefficient (Wildman–Crippen LogP) is -0.410. The Morgan fingerprint density at radius 3 is 2.50 bits per heavy atom. The highest BCUT2D eigenvalue weighted by atomic mass is 32.2. The standard InChI is InChI=1S/C9H15NO5S/c1-15-9(12)6-16(13,14)10-7-2-4-8(11)5-3-7/h7,10H,2-6H2,1H3. The fourth-order valence-corrected chi connectivity index (χ4v) is 2.82. The second-order valence-electron chi connectivity index (χ2n) is 3.77. The summed E-state index contributed by atoms with van der Waals surface area (Å²) in [4.78, 5) is 21.8. The summed E-state index contributed by atoms with van der Waals surface area (Å²) in [5.74, 6) is -1.31. The van der Waals surface area contributed by atoms with Gasteiger partial charge in [-0.25, -0.2) is 13.1 Å². The van der Waals surface area contributed by atoms with E-state index >= 15 is 0 Å². The van der Waals surface area contributed by atoms with Crippen LogP contribution in [-0.4, -0.2) is 39.1 Å². The van der Waals surface area contributed by atoms with Crippen LogP contribution in [-0.2, 0) is 24.3 Å². The summed E-state index contributed by atoms with van der Waals surface area (Å²) in [5.41, 5.74) is 0. The lowest BCUT2D eigenvalue weighted by Crippen LogP contribution is -2.40. The minimum Gasteiger partial charge on any atom is -0.468 e. The van der Waals surface area contributed by atoms with E-state index in [0.717, 1.165) is 7.11 Å². The summed E-state index contributed by atoms with van der Waals surface area (Å²) in [6, 6.07) is -0.243. The maximum absolute atomic E-state index is 11.5. The molecule has 1 N–H and O–H groups in total. The molecule has 1 rings (SSSR count). The van der Waals surface area contributed by atoms with Crippen LogP contribution in [0.5, 0.6) is 0 Å². The third kappa shape index (κ3) is 4.28. The maximum atomic E-state index is 11.5. The van der Waals surface area contributed by atoms with Gasteiger partial charge in [0.1, 0.15) is 5.78 Å². The highest BCUT2D eigenvalue weighted by Gasteiger charge is 2.25. The number of sulfonamides is 1. The summed E-state index contributed by atoms with van der Waals surface area (Å²) in [5, 5.41) is 0. The first-order chi connectivity index (χ1) is 7.43. The largest absolute Gasteiger partial charge is 0.468 e. The van der Waals surface area contributed by atoms with E-state index in [1.165, 1.54) is 0 Å². The van der Waals surface area contributed by atoms with Crippen LogP contribution in [0.3, 0.4) is 0 Å². The molecule has 0 atom stereocenters. The zero-order chi connectivity index (χ0) is 12.2. The molecule has 0 aliphatic heterocycles. The lowest BCUT2D eigenvalue weighted by atomic mass is 9.95. The van der Waals surface area contributed by atoms with E-state index in [-0.39, 0.29) is 11.8 Å². The molecule has 0 unspecified atom stereocenters. The van der Waals surface area contributed by atoms with Crippen molar-refractivity contribution in [2.24, 2.45) is 0 Å². The molecular formula is C9H15NO5S. The van der Waals surface area contributed by atoms with Crippen molar-refractivity contribution in [3.8, 4) is 0 Å². The molecule has 1 aliphatic carbocycles. The molecule has 0 amide bonds. The number of carbonyl (C=O) groups is 2. The Morgan fingerprint density at radius 1 is 1.44 bits per heavy atom. The van der Waals surface area contributed by atoms with Crippen LogP contribution in [0, 0.1) is 0 Å². The molecule has 0 radical (unpaired) electrons. The van der Waals surface area contributed by atoms with Crippen molar-refractivity contribution >= 4 is 21.8 Å². The number of hydrogen-bond donors (Lipinski definition) is 1. The van der Waals surface area contributed by atoms with E-state index in [4.69, 9.17) is 0 Å². The van der Waals surface area contributed by atoms with Crippen molar-refractivity contribution in [2.45, 2.75) is 31.7 Å². The first-order valence-electron chi connectivity index (χ1n) is 5.01. The van der Waals surface area contributed by atoms with Gasteiger partial charge in [-0.15, -0.1) is 0 Å². The lowest BCUT2D eigenvalue weighted by molar-refractivity contribution is -0.137. The molecule has 0 aromatic heterocycles. The van der Waals surface area contributed by atoms with Crippen LogP contribution in [0.15, 0.2) is 0 Å². The van der Waals surface area contributed by atoms with Crippen LogP contribution >= 0.6 is 0 Å². The molecule has 1 aliphatic rings. The predicted molar refractivity (Wildman–Crippen MR) is 56.2 cm³/mol. The number of esters is 1. The van der Waals surface area contributed by atoms with Crippen LogP contribution in [0.25, 0.3) is 0 Å². The minimum atomic E-state index is -3.65. The maximum Gasteiger partial charge on any atom is 0.322 e. The van der Waals surface area contributed by atoms with Gasteiger partial charge in [-0.2, -0.15) is 0 Å². The summed E-state index contributed by atoms with van der Waals surface area (Å²) in [7, 11) is -2.51. The molecule has 7 heteroatoms. The molecular weight excluding hydrogens is 234 g/mol. The first kappa shape index (κ1) is 13.1. The number of ether oxygens (including phenoxy) is 1. The van der Waals surface area contributed by atoms with Crippen molar-refractivity contribution in [3.05, 3.63) is 0 Å². The van der Waals surface area contributed by atoms with Gasteiger partial charge in [0.15, 0.2) is 5.75 Å². The molecule has 1 saturated carbocycles. The highest BCUT2D eigenvalue weighted by Crippen LogP contribution is 2.15. The van der Waals surface area contributed by atoms with Gasteiger partial charge in [0.05, 0.1) is 7.11 Å². The van der Waals surface area contributed by atoms with Gasteiger partial charge in [0.25, 0.3) is 0 Å². The second-order valence-corrected chi connectivity index (χ2v) is 5.52. The highest BCUT2D eigenvalue weighted by molar-refractivity contribution is 7.90. The van der Waals surface area contributed by atoms with Gasteiger partial charge >= 0.3 is 5.97 Å². The van der Waals surface area contributed by atoms with Gasteiger partial charge in [0.2, 0.25) is 10.0 Å². The molecule has 0 heterocycles. The zero-order valence-corrected chi connectivity index (χ0v) is 9.88. The normalized spacial score (nSPS) is 18.4. The van der Waals surface area contributed by atoms with E-state index in [9.17, 15) is 18.0 Å². The average Bonchev–Trinajstić information content (AvgIpc) is 2.20. The molecule has 0 saturated heterocycles. The Morgan fingerprint density at radius 2 is 2.00 bits per heavy atom. The number of methoxy groups -OCH3 is 1. The van der Waals surface area contributed by atoms with Gasteiger partial charge in [0, 0.05) is 18.9 Å². The van der Waals surface area contributed by atoms with Crippen molar-refractivity contribution in [2.75, 3.05) is 12.9 Å². The number of rotatable bonds is 4. The Bertz CT molecular complexity index is 365. The van der Waals surface area contributed by atoms with Gasteiger partial charge in [-0.05, 0) is 12.8 Å². The minimum absolute atomic E-state index is 0.156. The monoisotopic (exact) mass is 249 g/mol. The molecule has 0 bridgehead atoms. The van der Waals surface area contributed by atoms with E-state index in [1.54, 1.807) is 0 Å².